The Kier molecular flexibility index (Phi) is 3.91. The van der Waals surface area contributed by atoms with Crippen LogP contribution in [0.5, 0.6) is 0 Å². The highest BCUT2D eigenvalue weighted by atomic mass is 16.5. The second kappa shape index (κ2) is 5.63. The van der Waals surface area contributed by atoms with E-state index in [-0.39, 0.29) is 0 Å². The first-order valence-electron chi connectivity index (χ1n) is 5.51. The first-order valence-corrected chi connectivity index (χ1v) is 5.51. The maximum Gasteiger partial charge on any atom is 0.0594 e. The number of hydrazone groups is 1. The molecule has 1 fully saturated rings. The summed E-state index contributed by atoms with van der Waals surface area (Å²) in [6, 6.07) is 8.20. The van der Waals surface area contributed by atoms with Crippen LogP contribution in [-0.4, -0.2) is 37.4 Å². The molecule has 1 saturated heterocycles. The van der Waals surface area contributed by atoms with Crippen molar-refractivity contribution in [1.29, 1.82) is 0 Å². The summed E-state index contributed by atoms with van der Waals surface area (Å²) in [5.74, 6) is 5.20. The predicted octanol–water partition coefficient (Wildman–Crippen LogP) is 0.811. The van der Waals surface area contributed by atoms with E-state index in [1.165, 1.54) is 5.56 Å². The van der Waals surface area contributed by atoms with Crippen molar-refractivity contribution in [3.63, 3.8) is 0 Å². The second-order valence-electron chi connectivity index (χ2n) is 3.87. The number of nitrogens with two attached hydrogens (primary N) is 1. The van der Waals surface area contributed by atoms with Gasteiger partial charge in [0, 0.05) is 19.6 Å². The topological polar surface area (TPSA) is 50.8 Å². The third-order valence-corrected chi connectivity index (χ3v) is 2.77. The zero-order valence-corrected chi connectivity index (χ0v) is 9.30. The van der Waals surface area contributed by atoms with Crippen LogP contribution in [0.2, 0.25) is 0 Å². The summed E-state index contributed by atoms with van der Waals surface area (Å²) in [6.45, 7) is 4.58. The lowest BCUT2D eigenvalue weighted by molar-refractivity contribution is 0.0342. The van der Waals surface area contributed by atoms with E-state index in [0.717, 1.165) is 38.4 Å². The number of hydrogen-bond donors (Lipinski definition) is 1. The average molecular weight is 219 g/mol. The summed E-state index contributed by atoms with van der Waals surface area (Å²) in [7, 11) is 0. The van der Waals surface area contributed by atoms with Gasteiger partial charge in [0.1, 0.15) is 0 Å². The van der Waals surface area contributed by atoms with Crippen molar-refractivity contribution in [2.24, 2.45) is 10.9 Å². The molecule has 0 saturated carbocycles. The van der Waals surface area contributed by atoms with Crippen LogP contribution in [0.15, 0.2) is 29.4 Å². The van der Waals surface area contributed by atoms with Gasteiger partial charge in [0.05, 0.1) is 19.4 Å². The van der Waals surface area contributed by atoms with Crippen LogP contribution >= 0.6 is 0 Å². The first kappa shape index (κ1) is 11.1. The molecule has 1 aliphatic rings. The molecule has 0 aromatic heterocycles. The highest BCUT2D eigenvalue weighted by Crippen LogP contribution is 2.11. The molecule has 0 unspecified atom stereocenters. The fourth-order valence-electron chi connectivity index (χ4n) is 1.88. The van der Waals surface area contributed by atoms with Crippen LogP contribution in [0.4, 0.5) is 0 Å². The lowest BCUT2D eigenvalue weighted by atomic mass is 10.1. The van der Waals surface area contributed by atoms with E-state index in [9.17, 15) is 0 Å². The third-order valence-electron chi connectivity index (χ3n) is 2.77. The van der Waals surface area contributed by atoms with Gasteiger partial charge in [-0.3, -0.25) is 4.90 Å². The maximum absolute atomic E-state index is 5.33. The largest absolute Gasteiger partial charge is 0.379 e. The van der Waals surface area contributed by atoms with Crippen LogP contribution < -0.4 is 5.84 Å². The molecule has 1 aliphatic heterocycles. The van der Waals surface area contributed by atoms with Gasteiger partial charge in [0.2, 0.25) is 0 Å². The lowest BCUT2D eigenvalue weighted by Gasteiger charge is -2.27. The monoisotopic (exact) mass is 219 g/mol. The zero-order valence-electron chi connectivity index (χ0n) is 9.30. The minimum atomic E-state index is 0.827. The lowest BCUT2D eigenvalue weighted by Crippen LogP contribution is -2.35. The van der Waals surface area contributed by atoms with Crippen molar-refractivity contribution < 1.29 is 4.74 Å². The quantitative estimate of drug-likeness (QED) is 0.465. The standard InChI is InChI=1S/C12H17N3O/c13-14-9-11-3-1-2-4-12(11)10-15-5-7-16-8-6-15/h1-4,9H,5-8,10,13H2. The molecule has 1 aromatic carbocycles. The van der Waals surface area contributed by atoms with Gasteiger partial charge in [-0.05, 0) is 11.1 Å². The van der Waals surface area contributed by atoms with Crippen LogP contribution in [0, 0.1) is 0 Å². The Morgan fingerprint density at radius 1 is 1.31 bits per heavy atom. The van der Waals surface area contributed by atoms with E-state index in [2.05, 4.69) is 16.1 Å². The van der Waals surface area contributed by atoms with Crippen LogP contribution in [0.3, 0.4) is 0 Å². The SMILES string of the molecule is NN=Cc1ccccc1CN1CCOCC1. The minimum absolute atomic E-state index is 0.827. The molecule has 16 heavy (non-hydrogen) atoms. The summed E-state index contributed by atoms with van der Waals surface area (Å²) in [6.07, 6.45) is 1.70. The molecule has 4 nitrogen and oxygen atoms in total. The number of nitrogens with zero attached hydrogens (tertiary/aromatic N) is 2. The van der Waals surface area contributed by atoms with Crippen molar-refractivity contribution >= 4 is 6.21 Å². The molecule has 0 radical (unpaired) electrons. The summed E-state index contributed by atoms with van der Waals surface area (Å²) in [4.78, 5) is 2.38. The van der Waals surface area contributed by atoms with Crippen molar-refractivity contribution in [2.75, 3.05) is 26.3 Å². The van der Waals surface area contributed by atoms with E-state index in [0.29, 0.717) is 0 Å². The molecular weight excluding hydrogens is 202 g/mol. The molecule has 2 N–H and O–H groups in total. The minimum Gasteiger partial charge on any atom is -0.379 e. The third kappa shape index (κ3) is 2.81. The van der Waals surface area contributed by atoms with Crippen molar-refractivity contribution in [1.82, 2.24) is 4.90 Å². The fourth-order valence-corrected chi connectivity index (χ4v) is 1.88. The summed E-state index contributed by atoms with van der Waals surface area (Å²) in [5, 5.41) is 3.59. The molecule has 86 valence electrons. The van der Waals surface area contributed by atoms with E-state index >= 15 is 0 Å². The normalized spacial score (nSPS) is 18.0. The van der Waals surface area contributed by atoms with Crippen LogP contribution in [-0.2, 0) is 11.3 Å². The Hall–Kier alpha value is -1.39. The highest BCUT2D eigenvalue weighted by Gasteiger charge is 2.11. The number of hydrogen-bond acceptors (Lipinski definition) is 4. The van der Waals surface area contributed by atoms with Gasteiger partial charge < -0.3 is 10.6 Å². The smallest absolute Gasteiger partial charge is 0.0594 e. The van der Waals surface area contributed by atoms with Gasteiger partial charge in [-0.1, -0.05) is 24.3 Å². The predicted molar refractivity (Wildman–Crippen MR) is 64.3 cm³/mol. The van der Waals surface area contributed by atoms with Gasteiger partial charge in [0.15, 0.2) is 0 Å². The Labute approximate surface area is 95.7 Å². The molecule has 0 bridgehead atoms. The van der Waals surface area contributed by atoms with Crippen molar-refractivity contribution in [2.45, 2.75) is 6.54 Å². The van der Waals surface area contributed by atoms with Crippen LogP contribution in [0.1, 0.15) is 11.1 Å². The molecule has 1 heterocycles. The summed E-state index contributed by atoms with van der Waals surface area (Å²) >= 11 is 0. The molecule has 1 aromatic rings. The van der Waals surface area contributed by atoms with Gasteiger partial charge in [0.25, 0.3) is 0 Å². The maximum atomic E-state index is 5.33. The number of rotatable bonds is 3. The Bertz CT molecular complexity index is 359. The Morgan fingerprint density at radius 2 is 2.06 bits per heavy atom. The van der Waals surface area contributed by atoms with Crippen LogP contribution in [0.25, 0.3) is 0 Å². The van der Waals surface area contributed by atoms with Gasteiger partial charge >= 0.3 is 0 Å². The summed E-state index contributed by atoms with van der Waals surface area (Å²) < 4.78 is 5.33. The Morgan fingerprint density at radius 3 is 2.81 bits per heavy atom. The highest BCUT2D eigenvalue weighted by molar-refractivity contribution is 5.81. The Balaban J connectivity index is 2.07. The van der Waals surface area contributed by atoms with Gasteiger partial charge in [-0.2, -0.15) is 5.10 Å². The van der Waals surface area contributed by atoms with Gasteiger partial charge in [-0.25, -0.2) is 0 Å². The first-order chi connectivity index (χ1) is 7.90. The average Bonchev–Trinajstić information content (AvgIpc) is 2.33. The molecule has 0 aliphatic carbocycles. The van der Waals surface area contributed by atoms with E-state index < -0.39 is 0 Å². The second-order valence-corrected chi connectivity index (χ2v) is 3.87. The van der Waals surface area contributed by atoms with E-state index in [1.807, 2.05) is 18.2 Å². The number of ether oxygens (including phenoxy) is 1. The molecule has 4 heteroatoms. The fraction of sp³-hybridized carbons (Fsp3) is 0.417. The molecule has 0 atom stereocenters. The molecule has 2 rings (SSSR count). The molecular formula is C12H17N3O. The van der Waals surface area contributed by atoms with E-state index in [4.69, 9.17) is 10.6 Å². The molecule has 0 spiro atoms. The van der Waals surface area contributed by atoms with Crippen molar-refractivity contribution in [3.05, 3.63) is 35.4 Å². The van der Waals surface area contributed by atoms with E-state index in [1.54, 1.807) is 6.21 Å². The molecule has 0 amide bonds. The zero-order chi connectivity index (χ0) is 11.2. The van der Waals surface area contributed by atoms with Gasteiger partial charge in [-0.15, -0.1) is 0 Å². The van der Waals surface area contributed by atoms with Crippen molar-refractivity contribution in [3.8, 4) is 0 Å². The summed E-state index contributed by atoms with van der Waals surface area (Å²) in [5.41, 5.74) is 2.36. The number of morpholine rings is 1. The number of benzene rings is 1.